The summed E-state index contributed by atoms with van der Waals surface area (Å²) in [6, 6.07) is 12.7. The van der Waals surface area contributed by atoms with Crippen molar-refractivity contribution < 1.29 is 0 Å². The SMILES string of the molecule is CC(C)n1ccc(CNC(C)(CCl)c2ccccc2)n1. The number of rotatable bonds is 6. The van der Waals surface area contributed by atoms with Gasteiger partial charge in [0.2, 0.25) is 0 Å². The molecule has 3 nitrogen and oxygen atoms in total. The van der Waals surface area contributed by atoms with Crippen LogP contribution in [0.3, 0.4) is 0 Å². The van der Waals surface area contributed by atoms with Gasteiger partial charge in [0, 0.05) is 24.7 Å². The van der Waals surface area contributed by atoms with Crippen LogP contribution < -0.4 is 5.32 Å². The molecule has 0 aliphatic heterocycles. The van der Waals surface area contributed by atoms with Crippen LogP contribution in [0.1, 0.15) is 38.1 Å². The van der Waals surface area contributed by atoms with Crippen LogP contribution in [0.4, 0.5) is 0 Å². The van der Waals surface area contributed by atoms with Gasteiger partial charge in [0.1, 0.15) is 0 Å². The van der Waals surface area contributed by atoms with Crippen LogP contribution in [0.15, 0.2) is 42.6 Å². The van der Waals surface area contributed by atoms with Crippen molar-refractivity contribution in [3.8, 4) is 0 Å². The molecule has 0 saturated carbocycles. The molecule has 0 amide bonds. The molecule has 2 rings (SSSR count). The second kappa shape index (κ2) is 6.42. The molecule has 0 spiro atoms. The van der Waals surface area contributed by atoms with Gasteiger partial charge < -0.3 is 5.32 Å². The van der Waals surface area contributed by atoms with E-state index in [2.05, 4.69) is 43.3 Å². The largest absolute Gasteiger partial charge is 0.301 e. The quantitative estimate of drug-likeness (QED) is 0.822. The predicted molar refractivity (Wildman–Crippen MR) is 84.0 cm³/mol. The Morgan fingerprint density at radius 3 is 2.50 bits per heavy atom. The van der Waals surface area contributed by atoms with Crippen molar-refractivity contribution >= 4 is 11.6 Å². The van der Waals surface area contributed by atoms with E-state index in [0.29, 0.717) is 18.5 Å². The fraction of sp³-hybridized carbons (Fsp3) is 0.438. The van der Waals surface area contributed by atoms with Gasteiger partial charge in [-0.1, -0.05) is 30.3 Å². The van der Waals surface area contributed by atoms with Crippen molar-refractivity contribution in [2.75, 3.05) is 5.88 Å². The number of nitrogens with one attached hydrogen (secondary N) is 1. The van der Waals surface area contributed by atoms with Gasteiger partial charge in [-0.15, -0.1) is 11.6 Å². The molecule has 1 atom stereocenters. The van der Waals surface area contributed by atoms with E-state index in [4.69, 9.17) is 11.6 Å². The second-order valence-electron chi connectivity index (χ2n) is 5.57. The Hall–Kier alpha value is -1.32. The maximum atomic E-state index is 6.18. The summed E-state index contributed by atoms with van der Waals surface area (Å²) >= 11 is 6.18. The first-order chi connectivity index (χ1) is 9.55. The Balaban J connectivity index is 2.07. The first kappa shape index (κ1) is 15.1. The molecule has 0 bridgehead atoms. The molecule has 20 heavy (non-hydrogen) atoms. The van der Waals surface area contributed by atoms with Gasteiger partial charge in [-0.25, -0.2) is 0 Å². The first-order valence-electron chi connectivity index (χ1n) is 6.96. The molecule has 4 heteroatoms. The molecule has 2 aromatic rings. The van der Waals surface area contributed by atoms with E-state index in [0.717, 1.165) is 5.69 Å². The highest BCUT2D eigenvalue weighted by Gasteiger charge is 2.24. The maximum absolute atomic E-state index is 6.18. The van der Waals surface area contributed by atoms with Gasteiger partial charge in [0.05, 0.1) is 11.2 Å². The smallest absolute Gasteiger partial charge is 0.0762 e. The molecule has 1 heterocycles. The Kier molecular flexibility index (Phi) is 4.84. The van der Waals surface area contributed by atoms with Crippen LogP contribution in [-0.4, -0.2) is 15.7 Å². The van der Waals surface area contributed by atoms with Crippen LogP contribution in [0, 0.1) is 0 Å². The van der Waals surface area contributed by atoms with E-state index < -0.39 is 0 Å². The molecule has 0 aliphatic carbocycles. The van der Waals surface area contributed by atoms with Crippen molar-refractivity contribution in [2.24, 2.45) is 0 Å². The van der Waals surface area contributed by atoms with E-state index in [1.54, 1.807) is 0 Å². The van der Waals surface area contributed by atoms with E-state index in [-0.39, 0.29) is 5.54 Å². The third-order valence-corrected chi connectivity index (χ3v) is 4.07. The van der Waals surface area contributed by atoms with Crippen molar-refractivity contribution in [1.29, 1.82) is 0 Å². The Bertz CT molecular complexity index is 536. The van der Waals surface area contributed by atoms with Gasteiger partial charge in [0.15, 0.2) is 0 Å². The minimum Gasteiger partial charge on any atom is -0.301 e. The lowest BCUT2D eigenvalue weighted by Gasteiger charge is -2.29. The molecule has 0 saturated heterocycles. The fourth-order valence-corrected chi connectivity index (χ4v) is 2.33. The molecule has 0 aliphatic rings. The lowest BCUT2D eigenvalue weighted by Crippen LogP contribution is -2.40. The van der Waals surface area contributed by atoms with Gasteiger partial charge in [-0.05, 0) is 32.4 Å². The zero-order valence-corrected chi connectivity index (χ0v) is 13.1. The molecule has 1 aromatic carbocycles. The number of benzene rings is 1. The average Bonchev–Trinajstić information content (AvgIpc) is 2.95. The lowest BCUT2D eigenvalue weighted by atomic mass is 9.94. The van der Waals surface area contributed by atoms with Crippen LogP contribution in [-0.2, 0) is 12.1 Å². The van der Waals surface area contributed by atoms with Crippen molar-refractivity contribution in [3.05, 3.63) is 53.9 Å². The van der Waals surface area contributed by atoms with Crippen LogP contribution in [0.2, 0.25) is 0 Å². The highest BCUT2D eigenvalue weighted by molar-refractivity contribution is 6.18. The van der Waals surface area contributed by atoms with E-state index in [1.807, 2.05) is 35.1 Å². The monoisotopic (exact) mass is 291 g/mol. The maximum Gasteiger partial charge on any atom is 0.0762 e. The Labute approximate surface area is 126 Å². The van der Waals surface area contributed by atoms with Crippen molar-refractivity contribution in [3.63, 3.8) is 0 Å². The summed E-state index contributed by atoms with van der Waals surface area (Å²) < 4.78 is 1.97. The van der Waals surface area contributed by atoms with E-state index >= 15 is 0 Å². The topological polar surface area (TPSA) is 29.9 Å². The Morgan fingerprint density at radius 1 is 1.25 bits per heavy atom. The van der Waals surface area contributed by atoms with Crippen molar-refractivity contribution in [1.82, 2.24) is 15.1 Å². The van der Waals surface area contributed by atoms with E-state index in [1.165, 1.54) is 5.56 Å². The minimum absolute atomic E-state index is 0.246. The zero-order chi connectivity index (χ0) is 14.6. The summed E-state index contributed by atoms with van der Waals surface area (Å²) in [5, 5.41) is 8.07. The molecule has 108 valence electrons. The summed E-state index contributed by atoms with van der Waals surface area (Å²) in [7, 11) is 0. The van der Waals surface area contributed by atoms with Gasteiger partial charge in [-0.3, -0.25) is 4.68 Å². The number of nitrogens with zero attached hydrogens (tertiary/aromatic N) is 2. The second-order valence-corrected chi connectivity index (χ2v) is 5.83. The summed E-state index contributed by atoms with van der Waals surface area (Å²) in [5.41, 5.74) is 1.98. The summed E-state index contributed by atoms with van der Waals surface area (Å²) in [4.78, 5) is 0. The summed E-state index contributed by atoms with van der Waals surface area (Å²) in [5.74, 6) is 0.516. The molecular formula is C16H22ClN3. The number of aromatic nitrogens is 2. The third kappa shape index (κ3) is 3.41. The molecule has 1 aromatic heterocycles. The summed E-state index contributed by atoms with van der Waals surface area (Å²) in [6.45, 7) is 7.07. The summed E-state index contributed by atoms with van der Waals surface area (Å²) in [6.07, 6.45) is 2.02. The van der Waals surface area contributed by atoms with Gasteiger partial charge >= 0.3 is 0 Å². The van der Waals surface area contributed by atoms with Crippen LogP contribution in [0.5, 0.6) is 0 Å². The Morgan fingerprint density at radius 2 is 1.95 bits per heavy atom. The van der Waals surface area contributed by atoms with Gasteiger partial charge in [-0.2, -0.15) is 5.10 Å². The zero-order valence-electron chi connectivity index (χ0n) is 12.3. The molecule has 0 fully saturated rings. The normalized spacial score (nSPS) is 14.4. The molecule has 1 N–H and O–H groups in total. The third-order valence-electron chi connectivity index (χ3n) is 3.53. The van der Waals surface area contributed by atoms with E-state index in [9.17, 15) is 0 Å². The highest BCUT2D eigenvalue weighted by Crippen LogP contribution is 2.22. The standard InChI is InChI=1S/C16H22ClN3/c1-13(2)20-10-9-15(19-20)11-18-16(3,12-17)14-7-5-4-6-8-14/h4-10,13,18H,11-12H2,1-3H3. The molecule has 0 radical (unpaired) electrons. The first-order valence-corrected chi connectivity index (χ1v) is 7.49. The number of halogens is 1. The minimum atomic E-state index is -0.246. The van der Waals surface area contributed by atoms with Crippen molar-refractivity contribution in [2.45, 2.75) is 38.9 Å². The predicted octanol–water partition coefficient (Wildman–Crippen LogP) is 3.71. The van der Waals surface area contributed by atoms with Crippen LogP contribution in [0.25, 0.3) is 0 Å². The number of hydrogen-bond donors (Lipinski definition) is 1. The van der Waals surface area contributed by atoms with Crippen LogP contribution >= 0.6 is 11.6 Å². The number of hydrogen-bond acceptors (Lipinski definition) is 2. The number of alkyl halides is 1. The van der Waals surface area contributed by atoms with Gasteiger partial charge in [0.25, 0.3) is 0 Å². The fourth-order valence-electron chi connectivity index (χ4n) is 2.08. The lowest BCUT2D eigenvalue weighted by molar-refractivity contribution is 0.401. The average molecular weight is 292 g/mol. The highest BCUT2D eigenvalue weighted by atomic mass is 35.5. The molecule has 1 unspecified atom stereocenters. The molecular weight excluding hydrogens is 270 g/mol.